The molecule has 65 heavy (non-hydrogen) atoms. The third kappa shape index (κ3) is 7.52. The molecule has 0 fully saturated rings. The summed E-state index contributed by atoms with van der Waals surface area (Å²) < 4.78 is 0. The average molecular weight is 831 g/mol. The smallest absolute Gasteiger partial charge is 0.238 e. The summed E-state index contributed by atoms with van der Waals surface area (Å²) in [6.45, 7) is 8.24. The normalized spacial score (nSPS) is 11.0. The molecule has 304 valence electrons. The maximum absolute atomic E-state index is 10.5. The van der Waals surface area contributed by atoms with E-state index in [4.69, 9.17) is 26.5 Å². The summed E-state index contributed by atoms with van der Waals surface area (Å²) in [5.74, 6) is 1.06. The van der Waals surface area contributed by atoms with Gasteiger partial charge in [-0.3, -0.25) is 0 Å². The Kier molecular flexibility index (Phi) is 10.9. The number of rotatable bonds is 10. The number of hydrogen-bond donors (Lipinski definition) is 0. The van der Waals surface area contributed by atoms with Crippen LogP contribution in [0.2, 0.25) is 0 Å². The van der Waals surface area contributed by atoms with Crippen LogP contribution in [0.1, 0.15) is 27.8 Å². The van der Waals surface area contributed by atoms with Crippen LogP contribution in [0.4, 0.5) is 5.69 Å². The van der Waals surface area contributed by atoms with Gasteiger partial charge in [-0.15, -0.1) is 0 Å². The zero-order valence-electron chi connectivity index (χ0n) is 35.1. The van der Waals surface area contributed by atoms with E-state index in [1.807, 2.05) is 133 Å². The van der Waals surface area contributed by atoms with Crippen LogP contribution in [0.5, 0.6) is 0 Å². The molecule has 0 atom stereocenters. The standard InChI is InChI=1S/C59H38N6/c1-61-56-54(43-24-12-4-13-25-43)64-58(65-55(56)44-26-14-5-15-27-44)46-34-38-50(39-35-46)59(47-28-16-6-17-29-47,48-30-18-7-19-31-48)49-36-32-45(33-37-49)57-62-52(41-20-8-2-9-21-41)51(40-60)53(63-57)42-22-10-3-11-23-42/h2-39H. The molecule has 0 aliphatic rings. The van der Waals surface area contributed by atoms with Crippen molar-refractivity contribution in [3.63, 3.8) is 0 Å². The Balaban J connectivity index is 1.14. The lowest BCUT2D eigenvalue weighted by molar-refractivity contribution is 0.745. The van der Waals surface area contributed by atoms with Crippen molar-refractivity contribution in [1.29, 1.82) is 5.26 Å². The fourth-order valence-corrected chi connectivity index (χ4v) is 8.70. The monoisotopic (exact) mass is 830 g/mol. The molecule has 0 amide bonds. The van der Waals surface area contributed by atoms with Crippen LogP contribution >= 0.6 is 0 Å². The largest absolute Gasteiger partial charge is 0.240 e. The molecule has 6 heteroatoms. The predicted octanol–water partition coefficient (Wildman–Crippen LogP) is 14.1. The molecule has 0 bridgehead atoms. The van der Waals surface area contributed by atoms with Crippen LogP contribution in [-0.2, 0) is 5.41 Å². The van der Waals surface area contributed by atoms with Crippen molar-refractivity contribution >= 4 is 5.69 Å². The summed E-state index contributed by atoms with van der Waals surface area (Å²) in [6, 6.07) is 79.9. The van der Waals surface area contributed by atoms with Crippen LogP contribution in [0, 0.1) is 17.9 Å². The predicted molar refractivity (Wildman–Crippen MR) is 260 cm³/mol. The fourth-order valence-electron chi connectivity index (χ4n) is 8.70. The van der Waals surface area contributed by atoms with Crippen LogP contribution in [0.25, 0.3) is 72.7 Å². The molecular formula is C59H38N6. The molecule has 0 saturated heterocycles. The van der Waals surface area contributed by atoms with Gasteiger partial charge in [-0.2, -0.15) is 5.26 Å². The van der Waals surface area contributed by atoms with Gasteiger partial charge in [0, 0.05) is 22.3 Å². The van der Waals surface area contributed by atoms with Gasteiger partial charge in [0.1, 0.15) is 11.6 Å². The summed E-state index contributed by atoms with van der Waals surface area (Å²) in [5, 5.41) is 10.5. The van der Waals surface area contributed by atoms with E-state index in [0.717, 1.165) is 55.6 Å². The molecule has 0 saturated carbocycles. The lowest BCUT2D eigenvalue weighted by Gasteiger charge is -2.37. The highest BCUT2D eigenvalue weighted by Crippen LogP contribution is 2.46. The average Bonchev–Trinajstić information content (AvgIpc) is 3.40. The Morgan fingerprint density at radius 2 is 0.615 bits per heavy atom. The van der Waals surface area contributed by atoms with Crippen LogP contribution in [-0.4, -0.2) is 19.9 Å². The zero-order valence-corrected chi connectivity index (χ0v) is 35.1. The maximum atomic E-state index is 10.5. The lowest BCUT2D eigenvalue weighted by atomic mass is 9.65. The molecule has 0 aliphatic heterocycles. The second-order valence-electron chi connectivity index (χ2n) is 15.5. The van der Waals surface area contributed by atoms with Gasteiger partial charge in [0.25, 0.3) is 0 Å². The van der Waals surface area contributed by atoms with E-state index in [0.29, 0.717) is 45.7 Å². The highest BCUT2D eigenvalue weighted by atomic mass is 14.9. The van der Waals surface area contributed by atoms with E-state index >= 15 is 0 Å². The van der Waals surface area contributed by atoms with Crippen molar-refractivity contribution in [3.05, 3.63) is 270 Å². The van der Waals surface area contributed by atoms with Gasteiger partial charge >= 0.3 is 0 Å². The summed E-state index contributed by atoms with van der Waals surface area (Å²) in [7, 11) is 0. The summed E-state index contributed by atoms with van der Waals surface area (Å²) >= 11 is 0. The fraction of sp³-hybridized carbons (Fsp3) is 0.0169. The molecule has 0 N–H and O–H groups in total. The first kappa shape index (κ1) is 40.0. The quantitative estimate of drug-likeness (QED) is 0.101. The Bertz CT molecular complexity index is 2980. The van der Waals surface area contributed by atoms with Gasteiger partial charge in [0.2, 0.25) is 5.69 Å². The summed E-state index contributed by atoms with van der Waals surface area (Å²) in [4.78, 5) is 24.3. The number of benzene rings is 8. The minimum Gasteiger partial charge on any atom is -0.240 e. The molecule has 0 aliphatic carbocycles. The Labute approximate surface area is 378 Å². The van der Waals surface area contributed by atoms with E-state index in [9.17, 15) is 5.26 Å². The van der Waals surface area contributed by atoms with Gasteiger partial charge in [-0.1, -0.05) is 231 Å². The maximum Gasteiger partial charge on any atom is 0.238 e. The molecule has 10 rings (SSSR count). The zero-order chi connectivity index (χ0) is 44.0. The highest BCUT2D eigenvalue weighted by molar-refractivity contribution is 5.88. The molecule has 2 aromatic heterocycles. The molecule has 0 spiro atoms. The van der Waals surface area contributed by atoms with Gasteiger partial charge in [0.15, 0.2) is 11.6 Å². The van der Waals surface area contributed by atoms with E-state index in [2.05, 4.69) is 108 Å². The van der Waals surface area contributed by atoms with Gasteiger partial charge in [0.05, 0.1) is 34.8 Å². The van der Waals surface area contributed by atoms with Crippen molar-refractivity contribution in [2.75, 3.05) is 0 Å². The molecular weight excluding hydrogens is 793 g/mol. The number of hydrogen-bond acceptors (Lipinski definition) is 5. The van der Waals surface area contributed by atoms with Crippen LogP contribution < -0.4 is 0 Å². The van der Waals surface area contributed by atoms with E-state index in [-0.39, 0.29) is 0 Å². The van der Waals surface area contributed by atoms with E-state index in [1.165, 1.54) is 0 Å². The van der Waals surface area contributed by atoms with Crippen molar-refractivity contribution in [2.45, 2.75) is 5.41 Å². The van der Waals surface area contributed by atoms with E-state index in [1.54, 1.807) is 0 Å². The topological polar surface area (TPSA) is 79.7 Å². The number of nitrogens with zero attached hydrogens (tertiary/aromatic N) is 6. The number of nitriles is 1. The minimum atomic E-state index is -0.755. The molecule has 0 radical (unpaired) electrons. The third-order valence-corrected chi connectivity index (χ3v) is 11.8. The van der Waals surface area contributed by atoms with Gasteiger partial charge < -0.3 is 0 Å². The minimum absolute atomic E-state index is 0.414. The van der Waals surface area contributed by atoms with Crippen LogP contribution in [0.15, 0.2) is 231 Å². The molecule has 10 aromatic rings. The Morgan fingerprint density at radius 1 is 0.338 bits per heavy atom. The molecule has 2 heterocycles. The van der Waals surface area contributed by atoms with Crippen molar-refractivity contribution in [1.82, 2.24) is 19.9 Å². The van der Waals surface area contributed by atoms with Gasteiger partial charge in [-0.05, 0) is 33.4 Å². The summed E-state index contributed by atoms with van der Waals surface area (Å²) in [6.07, 6.45) is 0. The number of aromatic nitrogens is 4. The van der Waals surface area contributed by atoms with Crippen molar-refractivity contribution in [3.8, 4) is 73.9 Å². The molecule has 8 aromatic carbocycles. The lowest BCUT2D eigenvalue weighted by Crippen LogP contribution is -2.31. The second kappa shape index (κ2) is 17.7. The first-order valence-electron chi connectivity index (χ1n) is 21.3. The van der Waals surface area contributed by atoms with Gasteiger partial charge in [-0.25, -0.2) is 24.8 Å². The van der Waals surface area contributed by atoms with Crippen molar-refractivity contribution < 1.29 is 0 Å². The van der Waals surface area contributed by atoms with E-state index < -0.39 is 5.41 Å². The molecule has 6 nitrogen and oxygen atoms in total. The highest BCUT2D eigenvalue weighted by Gasteiger charge is 2.38. The first-order chi connectivity index (χ1) is 32.1. The Hall–Kier alpha value is -9.10. The summed E-state index contributed by atoms with van der Waals surface area (Å²) in [5.41, 5.74) is 11.8. The van der Waals surface area contributed by atoms with Crippen molar-refractivity contribution in [2.24, 2.45) is 0 Å². The molecule has 0 unspecified atom stereocenters. The SMILES string of the molecule is [C-]#[N+]c1c(-c2ccccc2)nc(-c2ccc(C(c3ccccc3)(c3ccccc3)c3ccc(-c4nc(-c5ccccc5)c(C#N)c(-c5ccccc5)n4)cc3)cc2)nc1-c1ccccc1. The Morgan fingerprint density at radius 3 is 0.923 bits per heavy atom. The first-order valence-corrected chi connectivity index (χ1v) is 21.3. The third-order valence-electron chi connectivity index (χ3n) is 11.8. The van der Waals surface area contributed by atoms with Crippen LogP contribution in [0.3, 0.4) is 0 Å². The second-order valence-corrected chi connectivity index (χ2v) is 15.5.